The maximum atomic E-state index is 12.8. The van der Waals surface area contributed by atoms with Crippen molar-refractivity contribution in [3.05, 3.63) is 76.9 Å². The molecule has 4 nitrogen and oxygen atoms in total. The maximum absolute atomic E-state index is 12.8. The molecular weight excluding hydrogens is 376 g/mol. The number of carbonyl (C=O) groups excluding carboxylic acids is 1. The lowest BCUT2D eigenvalue weighted by molar-refractivity contribution is 0.104. The van der Waals surface area contributed by atoms with Gasteiger partial charge in [0.15, 0.2) is 5.78 Å². The van der Waals surface area contributed by atoms with Crippen molar-refractivity contribution in [1.82, 2.24) is 0 Å². The fourth-order valence-corrected chi connectivity index (χ4v) is 3.43. The quantitative estimate of drug-likeness (QED) is 0.339. The highest BCUT2D eigenvalue weighted by Crippen LogP contribution is 2.44. The molecule has 30 heavy (non-hydrogen) atoms. The number of carbonyl (C=O) groups is 1. The molecule has 0 amide bonds. The van der Waals surface area contributed by atoms with Crippen molar-refractivity contribution in [2.24, 2.45) is 0 Å². The van der Waals surface area contributed by atoms with Gasteiger partial charge in [0, 0.05) is 6.07 Å². The summed E-state index contributed by atoms with van der Waals surface area (Å²) in [5, 5.41) is 10.9. The van der Waals surface area contributed by atoms with Gasteiger partial charge >= 0.3 is 0 Å². The fourth-order valence-electron chi connectivity index (χ4n) is 3.43. The Morgan fingerprint density at radius 2 is 1.97 bits per heavy atom. The monoisotopic (exact) mass is 404 g/mol. The first-order valence-corrected chi connectivity index (χ1v) is 10.1. The normalized spacial score (nSPS) is 17.3. The van der Waals surface area contributed by atoms with E-state index in [1.54, 1.807) is 12.1 Å². The molecule has 4 heteroatoms. The molecule has 3 rings (SSSR count). The zero-order chi connectivity index (χ0) is 21.7. The SMILES string of the molecule is COc1cc2c(c(O)c1C(=O)/C=C/c1ccccc1)C=CC(C)(CCC=C(C)C)O2. The largest absolute Gasteiger partial charge is 0.506 e. The second kappa shape index (κ2) is 9.04. The van der Waals surface area contributed by atoms with E-state index in [0.29, 0.717) is 11.3 Å². The van der Waals surface area contributed by atoms with Crippen LogP contribution in [0, 0.1) is 0 Å². The third kappa shape index (κ3) is 4.82. The zero-order valence-corrected chi connectivity index (χ0v) is 17.9. The molecule has 0 aliphatic carbocycles. The van der Waals surface area contributed by atoms with Crippen LogP contribution in [-0.2, 0) is 0 Å². The van der Waals surface area contributed by atoms with Crippen molar-refractivity contribution >= 4 is 17.9 Å². The molecule has 0 spiro atoms. The smallest absolute Gasteiger partial charge is 0.193 e. The molecular formula is C26H28O4. The van der Waals surface area contributed by atoms with E-state index in [0.717, 1.165) is 18.4 Å². The lowest BCUT2D eigenvalue weighted by Gasteiger charge is -2.32. The molecule has 0 bridgehead atoms. The Morgan fingerprint density at radius 1 is 1.23 bits per heavy atom. The highest BCUT2D eigenvalue weighted by molar-refractivity contribution is 6.11. The van der Waals surface area contributed by atoms with Gasteiger partial charge in [-0.05, 0) is 57.4 Å². The van der Waals surface area contributed by atoms with Crippen molar-refractivity contribution in [1.29, 1.82) is 0 Å². The minimum absolute atomic E-state index is 0.129. The Labute approximate surface area is 178 Å². The number of aromatic hydroxyl groups is 1. The van der Waals surface area contributed by atoms with Crippen LogP contribution in [0.3, 0.4) is 0 Å². The molecule has 0 aromatic heterocycles. The van der Waals surface area contributed by atoms with Gasteiger partial charge in [0.1, 0.15) is 28.4 Å². The van der Waals surface area contributed by atoms with Gasteiger partial charge in [-0.25, -0.2) is 0 Å². The van der Waals surface area contributed by atoms with Crippen LogP contribution in [0.2, 0.25) is 0 Å². The van der Waals surface area contributed by atoms with E-state index < -0.39 is 5.60 Å². The first-order valence-electron chi connectivity index (χ1n) is 10.1. The molecule has 1 aliphatic rings. The number of hydrogen-bond donors (Lipinski definition) is 1. The fraction of sp³-hybridized carbons (Fsp3) is 0.269. The van der Waals surface area contributed by atoms with Crippen molar-refractivity contribution in [3.63, 3.8) is 0 Å². The van der Waals surface area contributed by atoms with Gasteiger partial charge in [0.05, 0.1) is 12.7 Å². The van der Waals surface area contributed by atoms with Gasteiger partial charge in [-0.1, -0.05) is 48.1 Å². The third-order valence-corrected chi connectivity index (χ3v) is 5.10. The number of ketones is 1. The van der Waals surface area contributed by atoms with Crippen molar-refractivity contribution < 1.29 is 19.4 Å². The summed E-state index contributed by atoms with van der Waals surface area (Å²) in [6.07, 6.45) is 10.8. The van der Waals surface area contributed by atoms with E-state index in [-0.39, 0.29) is 22.8 Å². The average Bonchev–Trinajstić information content (AvgIpc) is 2.72. The minimum Gasteiger partial charge on any atom is -0.506 e. The standard InChI is InChI=1S/C26H28O4/c1-18(2)9-8-15-26(3)16-14-20-22(30-26)17-23(29-4)24(25(20)28)21(27)13-12-19-10-6-5-7-11-19/h5-7,9-14,16-17,28H,8,15H2,1-4H3/b13-12+. The number of allylic oxidation sites excluding steroid dienone is 3. The molecule has 1 aliphatic heterocycles. The molecule has 2 aromatic carbocycles. The summed E-state index contributed by atoms with van der Waals surface area (Å²) < 4.78 is 11.6. The summed E-state index contributed by atoms with van der Waals surface area (Å²) in [6, 6.07) is 11.2. The molecule has 0 saturated carbocycles. The van der Waals surface area contributed by atoms with E-state index in [2.05, 4.69) is 19.9 Å². The van der Waals surface area contributed by atoms with Crippen LogP contribution in [0.5, 0.6) is 17.2 Å². The highest BCUT2D eigenvalue weighted by Gasteiger charge is 2.31. The Morgan fingerprint density at radius 3 is 2.63 bits per heavy atom. The molecule has 1 N–H and O–H groups in total. The van der Waals surface area contributed by atoms with E-state index in [9.17, 15) is 9.90 Å². The Hall–Kier alpha value is -3.27. The highest BCUT2D eigenvalue weighted by atomic mass is 16.5. The number of ether oxygens (including phenoxy) is 2. The molecule has 1 unspecified atom stereocenters. The molecule has 2 aromatic rings. The summed E-state index contributed by atoms with van der Waals surface area (Å²) in [5.74, 6) is 0.335. The molecule has 1 heterocycles. The van der Waals surface area contributed by atoms with Crippen LogP contribution in [-0.4, -0.2) is 23.6 Å². The molecule has 0 radical (unpaired) electrons. The number of hydrogen-bond acceptors (Lipinski definition) is 4. The van der Waals surface area contributed by atoms with Crippen molar-refractivity contribution in [2.45, 2.75) is 39.2 Å². The first kappa shape index (κ1) is 21.4. The van der Waals surface area contributed by atoms with Crippen LogP contribution in [0.1, 0.15) is 55.1 Å². The molecule has 1 atom stereocenters. The molecule has 156 valence electrons. The van der Waals surface area contributed by atoms with E-state index in [4.69, 9.17) is 9.47 Å². The van der Waals surface area contributed by atoms with Gasteiger partial charge in [0.25, 0.3) is 0 Å². The Balaban J connectivity index is 1.90. The Kier molecular flexibility index (Phi) is 6.46. The second-order valence-corrected chi connectivity index (χ2v) is 7.89. The van der Waals surface area contributed by atoms with Crippen LogP contribution >= 0.6 is 0 Å². The second-order valence-electron chi connectivity index (χ2n) is 7.89. The summed E-state index contributed by atoms with van der Waals surface area (Å²) in [6.45, 7) is 6.15. The van der Waals surface area contributed by atoms with Gasteiger partial charge in [0.2, 0.25) is 0 Å². The van der Waals surface area contributed by atoms with Crippen molar-refractivity contribution in [2.75, 3.05) is 7.11 Å². The van der Waals surface area contributed by atoms with Crippen LogP contribution in [0.4, 0.5) is 0 Å². The predicted molar refractivity (Wildman–Crippen MR) is 121 cm³/mol. The molecule has 0 fully saturated rings. The third-order valence-electron chi connectivity index (χ3n) is 5.10. The maximum Gasteiger partial charge on any atom is 0.193 e. The van der Waals surface area contributed by atoms with Crippen LogP contribution < -0.4 is 9.47 Å². The summed E-state index contributed by atoms with van der Waals surface area (Å²) in [5.41, 5.74) is 2.30. The van der Waals surface area contributed by atoms with Crippen molar-refractivity contribution in [3.8, 4) is 17.2 Å². The lowest BCUT2D eigenvalue weighted by Crippen LogP contribution is -2.31. The lowest BCUT2D eigenvalue weighted by atomic mass is 9.92. The number of fused-ring (bicyclic) bond motifs is 1. The number of phenolic OH excluding ortho intramolecular Hbond substituents is 1. The topological polar surface area (TPSA) is 55.8 Å². The van der Waals surface area contributed by atoms with Crippen LogP contribution in [0.25, 0.3) is 12.2 Å². The first-order chi connectivity index (χ1) is 14.3. The Bertz CT molecular complexity index is 1010. The zero-order valence-electron chi connectivity index (χ0n) is 17.9. The van der Waals surface area contributed by atoms with Gasteiger partial charge < -0.3 is 14.6 Å². The number of benzene rings is 2. The van der Waals surface area contributed by atoms with Gasteiger partial charge in [-0.2, -0.15) is 0 Å². The minimum atomic E-state index is -0.491. The number of methoxy groups -OCH3 is 1. The van der Waals surface area contributed by atoms with Gasteiger partial charge in [-0.3, -0.25) is 4.79 Å². The summed E-state index contributed by atoms with van der Waals surface area (Å²) in [7, 11) is 1.48. The van der Waals surface area contributed by atoms with Gasteiger partial charge in [-0.15, -0.1) is 0 Å². The van der Waals surface area contributed by atoms with Crippen LogP contribution in [0.15, 0.2) is 60.2 Å². The van der Waals surface area contributed by atoms with E-state index in [1.807, 2.05) is 49.4 Å². The molecule has 0 saturated heterocycles. The predicted octanol–water partition coefficient (Wildman–Crippen LogP) is 6.21. The summed E-state index contributed by atoms with van der Waals surface area (Å²) >= 11 is 0. The van der Waals surface area contributed by atoms with E-state index >= 15 is 0 Å². The average molecular weight is 405 g/mol. The number of rotatable bonds is 7. The van der Waals surface area contributed by atoms with E-state index in [1.165, 1.54) is 18.8 Å². The summed E-state index contributed by atoms with van der Waals surface area (Å²) in [4.78, 5) is 12.8. The number of phenols is 1.